The first-order valence-electron chi connectivity index (χ1n) is 8.09. The first kappa shape index (κ1) is 19.1. The highest BCUT2D eigenvalue weighted by atomic mass is 35.5. The van der Waals surface area contributed by atoms with E-state index in [4.69, 9.17) is 20.4 Å². The van der Waals surface area contributed by atoms with E-state index in [9.17, 15) is 8.78 Å². The molecule has 3 rings (SSSR count). The largest absolute Gasteiger partial charge is 0.466 e. The van der Waals surface area contributed by atoms with Crippen LogP contribution in [0.5, 0.6) is 5.75 Å². The van der Waals surface area contributed by atoms with Gasteiger partial charge in [-0.2, -0.15) is 8.78 Å². The van der Waals surface area contributed by atoms with Gasteiger partial charge in [0.15, 0.2) is 0 Å². The first-order chi connectivity index (χ1) is 12.7. The number of benzene rings is 1. The third-order valence-electron chi connectivity index (χ3n) is 3.88. The van der Waals surface area contributed by atoms with Crippen LogP contribution in [0, 0.1) is 27.7 Å². The lowest BCUT2D eigenvalue weighted by atomic mass is 10.1. The maximum absolute atomic E-state index is 12.5. The van der Waals surface area contributed by atoms with Gasteiger partial charge in [0, 0.05) is 0 Å². The molecule has 8 heteroatoms. The molecular weight excluding hydrogens is 378 g/mol. The number of nitrogens with zero attached hydrogens (tertiary/aromatic N) is 2. The number of rotatable bonds is 5. The van der Waals surface area contributed by atoms with Crippen LogP contribution in [0.25, 0.3) is 22.6 Å². The molecule has 0 saturated heterocycles. The van der Waals surface area contributed by atoms with Crippen LogP contribution in [-0.2, 0) is 0 Å². The maximum Gasteiger partial charge on any atom is 0.387 e. The van der Waals surface area contributed by atoms with Crippen LogP contribution < -0.4 is 4.74 Å². The number of aromatic nitrogens is 2. The Morgan fingerprint density at radius 3 is 2.30 bits per heavy atom. The Hall–Kier alpha value is -2.67. The van der Waals surface area contributed by atoms with Crippen LogP contribution in [-0.4, -0.2) is 16.8 Å². The number of hydrogen-bond donors (Lipinski definition) is 0. The number of alkyl halides is 2. The van der Waals surface area contributed by atoms with Crippen molar-refractivity contribution < 1.29 is 22.4 Å². The topological polar surface area (TPSA) is 61.3 Å². The van der Waals surface area contributed by atoms with Crippen molar-refractivity contribution in [3.8, 4) is 17.2 Å². The Labute approximate surface area is 159 Å². The molecule has 5 nitrogen and oxygen atoms in total. The number of halogens is 3. The molecule has 2 heterocycles. The summed E-state index contributed by atoms with van der Waals surface area (Å²) >= 11 is 6.31. The van der Waals surface area contributed by atoms with Crippen LogP contribution in [0.15, 0.2) is 27.0 Å². The summed E-state index contributed by atoms with van der Waals surface area (Å²) < 4.78 is 40.6. The summed E-state index contributed by atoms with van der Waals surface area (Å²) in [7, 11) is 0. The van der Waals surface area contributed by atoms with E-state index < -0.39 is 6.61 Å². The standard InChI is InChI=1S/C19H17ClF2N2O3/c1-9-5-13(6-10(2)16(9)26-19(21)22)8-15(20)18-24-23-17(27-18)14-7-11(3)25-12(14)4/h5-8,19H,1-4H3/b15-8-. The molecule has 0 spiro atoms. The molecule has 0 fully saturated rings. The highest BCUT2D eigenvalue weighted by Gasteiger charge is 2.17. The Morgan fingerprint density at radius 2 is 1.74 bits per heavy atom. The molecule has 1 aromatic carbocycles. The Bertz CT molecular complexity index is 985. The van der Waals surface area contributed by atoms with Crippen molar-refractivity contribution in [3.05, 3.63) is 52.3 Å². The van der Waals surface area contributed by atoms with Crippen molar-refractivity contribution in [2.24, 2.45) is 0 Å². The van der Waals surface area contributed by atoms with Crippen LogP contribution in [0.4, 0.5) is 8.78 Å². The van der Waals surface area contributed by atoms with Crippen molar-refractivity contribution >= 4 is 22.7 Å². The van der Waals surface area contributed by atoms with Crippen molar-refractivity contribution in [2.45, 2.75) is 34.3 Å². The normalized spacial score (nSPS) is 12.1. The average Bonchev–Trinajstić information content (AvgIpc) is 3.17. The van der Waals surface area contributed by atoms with Crippen molar-refractivity contribution in [2.75, 3.05) is 0 Å². The van der Waals surface area contributed by atoms with E-state index in [2.05, 4.69) is 14.9 Å². The Kier molecular flexibility index (Phi) is 5.32. The predicted octanol–water partition coefficient (Wildman–Crippen LogP) is 5.90. The van der Waals surface area contributed by atoms with Gasteiger partial charge in [-0.05, 0) is 68.7 Å². The summed E-state index contributed by atoms with van der Waals surface area (Å²) in [6, 6.07) is 5.18. The third kappa shape index (κ3) is 4.19. The second-order valence-electron chi connectivity index (χ2n) is 6.09. The molecular formula is C19H17ClF2N2O3. The van der Waals surface area contributed by atoms with Gasteiger partial charge in [-0.1, -0.05) is 11.6 Å². The van der Waals surface area contributed by atoms with Crippen molar-refractivity contribution in [3.63, 3.8) is 0 Å². The highest BCUT2D eigenvalue weighted by Crippen LogP contribution is 2.31. The van der Waals surface area contributed by atoms with Crippen LogP contribution >= 0.6 is 11.6 Å². The minimum Gasteiger partial charge on any atom is -0.466 e. The summed E-state index contributed by atoms with van der Waals surface area (Å²) in [5.41, 5.74) is 2.55. The zero-order valence-corrected chi connectivity index (χ0v) is 15.9. The fourth-order valence-corrected chi connectivity index (χ4v) is 3.02. The number of ether oxygens (including phenoxy) is 1. The lowest BCUT2D eigenvalue weighted by Crippen LogP contribution is -2.05. The summed E-state index contributed by atoms with van der Waals surface area (Å²) in [6.07, 6.45) is 1.62. The molecule has 0 aliphatic heterocycles. The van der Waals surface area contributed by atoms with Gasteiger partial charge in [0.05, 0.1) is 5.56 Å². The molecule has 0 saturated carbocycles. The minimum absolute atomic E-state index is 0.146. The van der Waals surface area contributed by atoms with E-state index >= 15 is 0 Å². The maximum atomic E-state index is 12.5. The summed E-state index contributed by atoms with van der Waals surface area (Å²) in [6.45, 7) is 4.12. The quantitative estimate of drug-likeness (QED) is 0.539. The fraction of sp³-hybridized carbons (Fsp3) is 0.263. The van der Waals surface area contributed by atoms with E-state index in [1.807, 2.05) is 6.92 Å². The van der Waals surface area contributed by atoms with E-state index in [0.29, 0.717) is 33.9 Å². The van der Waals surface area contributed by atoms with Gasteiger partial charge in [0.1, 0.15) is 22.3 Å². The van der Waals surface area contributed by atoms with E-state index in [1.54, 1.807) is 45.0 Å². The summed E-state index contributed by atoms with van der Waals surface area (Å²) in [5.74, 6) is 2.01. The van der Waals surface area contributed by atoms with Gasteiger partial charge in [-0.15, -0.1) is 10.2 Å². The predicted molar refractivity (Wildman–Crippen MR) is 97.7 cm³/mol. The smallest absolute Gasteiger partial charge is 0.387 e. The van der Waals surface area contributed by atoms with Gasteiger partial charge in [0.25, 0.3) is 11.8 Å². The molecule has 0 amide bonds. The molecule has 27 heavy (non-hydrogen) atoms. The van der Waals surface area contributed by atoms with E-state index in [0.717, 1.165) is 5.76 Å². The molecule has 0 bridgehead atoms. The van der Waals surface area contributed by atoms with Crippen molar-refractivity contribution in [1.29, 1.82) is 0 Å². The molecule has 0 aliphatic carbocycles. The van der Waals surface area contributed by atoms with Gasteiger partial charge in [0.2, 0.25) is 0 Å². The highest BCUT2D eigenvalue weighted by molar-refractivity contribution is 6.50. The monoisotopic (exact) mass is 394 g/mol. The van der Waals surface area contributed by atoms with E-state index in [1.165, 1.54) is 0 Å². The molecule has 3 aromatic rings. The summed E-state index contributed by atoms with van der Waals surface area (Å²) in [4.78, 5) is 0. The zero-order chi connectivity index (χ0) is 19.7. The molecule has 0 atom stereocenters. The van der Waals surface area contributed by atoms with Gasteiger partial charge >= 0.3 is 6.61 Å². The molecule has 2 aromatic heterocycles. The molecule has 0 aliphatic rings. The lowest BCUT2D eigenvalue weighted by molar-refractivity contribution is -0.0507. The van der Waals surface area contributed by atoms with Crippen LogP contribution in [0.3, 0.4) is 0 Å². The minimum atomic E-state index is -2.88. The molecule has 0 N–H and O–H groups in total. The molecule has 0 unspecified atom stereocenters. The number of aryl methyl sites for hydroxylation is 4. The van der Waals surface area contributed by atoms with Crippen LogP contribution in [0.2, 0.25) is 0 Å². The third-order valence-corrected chi connectivity index (χ3v) is 4.15. The van der Waals surface area contributed by atoms with Crippen LogP contribution in [0.1, 0.15) is 34.1 Å². The summed E-state index contributed by atoms with van der Waals surface area (Å²) in [5, 5.41) is 8.19. The number of furan rings is 1. The molecule has 142 valence electrons. The first-order valence-corrected chi connectivity index (χ1v) is 8.47. The van der Waals surface area contributed by atoms with Gasteiger partial charge in [-0.3, -0.25) is 0 Å². The second kappa shape index (κ2) is 7.52. The Balaban J connectivity index is 1.89. The lowest BCUT2D eigenvalue weighted by Gasteiger charge is -2.12. The van der Waals surface area contributed by atoms with E-state index in [-0.39, 0.29) is 16.7 Å². The van der Waals surface area contributed by atoms with Crippen molar-refractivity contribution in [1.82, 2.24) is 10.2 Å². The number of hydrogen-bond acceptors (Lipinski definition) is 5. The zero-order valence-electron chi connectivity index (χ0n) is 15.1. The second-order valence-corrected chi connectivity index (χ2v) is 6.50. The van der Waals surface area contributed by atoms with Gasteiger partial charge in [-0.25, -0.2) is 0 Å². The Morgan fingerprint density at radius 1 is 1.07 bits per heavy atom. The average molecular weight is 395 g/mol. The van der Waals surface area contributed by atoms with Gasteiger partial charge < -0.3 is 13.6 Å². The molecule has 0 radical (unpaired) electrons. The SMILES string of the molecule is Cc1cc(-c2nnc(/C(Cl)=C/c3cc(C)c(OC(F)F)c(C)c3)o2)c(C)o1. The fourth-order valence-electron chi connectivity index (χ4n) is 2.82.